The molecule has 3 heterocycles. The Morgan fingerprint density at radius 3 is 2.79 bits per heavy atom. The average Bonchev–Trinajstić information content (AvgIpc) is 3.29. The van der Waals surface area contributed by atoms with E-state index < -0.39 is 0 Å². The van der Waals surface area contributed by atoms with E-state index in [-0.39, 0.29) is 0 Å². The normalized spacial score (nSPS) is 14.0. The van der Waals surface area contributed by atoms with Gasteiger partial charge in [0.05, 0.1) is 23.1 Å². The molecule has 1 aromatic carbocycles. The summed E-state index contributed by atoms with van der Waals surface area (Å²) in [5.74, 6) is 0. The van der Waals surface area contributed by atoms with Crippen LogP contribution in [0, 0.1) is 18.3 Å². The minimum absolute atomic E-state index is 0.539. The van der Waals surface area contributed by atoms with Crippen molar-refractivity contribution in [1.29, 1.82) is 5.26 Å². The Hall–Kier alpha value is -3.46. The van der Waals surface area contributed by atoms with E-state index in [4.69, 9.17) is 10.7 Å². The number of nitrogen functional groups attached to an aromatic ring is 1. The van der Waals surface area contributed by atoms with Gasteiger partial charge in [-0.05, 0) is 56.5 Å². The lowest BCUT2D eigenvalue weighted by Crippen LogP contribution is -2.17. The molecule has 0 saturated carbocycles. The molecule has 1 aliphatic rings. The number of fused-ring (bicyclic) bond motifs is 1. The van der Waals surface area contributed by atoms with Crippen molar-refractivity contribution in [2.75, 3.05) is 30.3 Å². The van der Waals surface area contributed by atoms with Crippen LogP contribution in [-0.4, -0.2) is 35.8 Å². The summed E-state index contributed by atoms with van der Waals surface area (Å²) in [7, 11) is 0. The summed E-state index contributed by atoms with van der Waals surface area (Å²) in [6.45, 7) is 6.67. The fourth-order valence-corrected chi connectivity index (χ4v) is 3.80. The quantitative estimate of drug-likeness (QED) is 0.540. The summed E-state index contributed by atoms with van der Waals surface area (Å²) < 4.78 is 0. The zero-order chi connectivity index (χ0) is 20.4. The van der Waals surface area contributed by atoms with E-state index in [9.17, 15) is 5.26 Å². The lowest BCUT2D eigenvalue weighted by atomic mass is 9.95. The maximum absolute atomic E-state index is 9.73. The number of hydrogen-bond acceptors (Lipinski definition) is 6. The average molecular weight is 384 g/mol. The SMILES string of the molecule is CCN=Cc1cc(-c2ccc3cc(N4CCCC4)cnc3n2)c(C#N)c(C)c1N. The number of benzene rings is 1. The van der Waals surface area contributed by atoms with Gasteiger partial charge in [-0.2, -0.15) is 5.26 Å². The summed E-state index contributed by atoms with van der Waals surface area (Å²) >= 11 is 0. The third-order valence-electron chi connectivity index (χ3n) is 5.46. The molecule has 4 rings (SSSR count). The molecule has 146 valence electrons. The highest BCUT2D eigenvalue weighted by Gasteiger charge is 2.17. The van der Waals surface area contributed by atoms with Gasteiger partial charge >= 0.3 is 0 Å². The van der Waals surface area contributed by atoms with Crippen LogP contribution in [0.2, 0.25) is 0 Å². The van der Waals surface area contributed by atoms with E-state index in [2.05, 4.69) is 27.0 Å². The number of hydrogen-bond donors (Lipinski definition) is 1. The largest absolute Gasteiger partial charge is 0.398 e. The van der Waals surface area contributed by atoms with Crippen LogP contribution in [0.4, 0.5) is 11.4 Å². The van der Waals surface area contributed by atoms with Gasteiger partial charge in [-0.1, -0.05) is 0 Å². The Morgan fingerprint density at radius 1 is 1.28 bits per heavy atom. The molecule has 0 radical (unpaired) electrons. The van der Waals surface area contributed by atoms with Gasteiger partial charge in [0.1, 0.15) is 6.07 Å². The topological polar surface area (TPSA) is 91.2 Å². The van der Waals surface area contributed by atoms with Crippen molar-refractivity contribution >= 4 is 28.6 Å². The predicted molar refractivity (Wildman–Crippen MR) is 118 cm³/mol. The Balaban J connectivity index is 1.81. The van der Waals surface area contributed by atoms with Crippen molar-refractivity contribution < 1.29 is 0 Å². The maximum atomic E-state index is 9.73. The standard InChI is InChI=1S/C23H24N6/c1-3-26-13-17-11-19(20(12-24)15(2)22(17)25)21-7-6-16-10-18(14-27-23(16)28-21)29-8-4-5-9-29/h6-7,10-11,13-14H,3-5,8-9,25H2,1-2H3. The summed E-state index contributed by atoms with van der Waals surface area (Å²) in [4.78, 5) is 16.0. The predicted octanol–water partition coefficient (Wildman–Crippen LogP) is 4.10. The molecular weight excluding hydrogens is 360 g/mol. The molecule has 0 spiro atoms. The highest BCUT2D eigenvalue weighted by Crippen LogP contribution is 2.32. The zero-order valence-corrected chi connectivity index (χ0v) is 16.8. The molecule has 1 fully saturated rings. The number of nitrogens with zero attached hydrogens (tertiary/aromatic N) is 5. The summed E-state index contributed by atoms with van der Waals surface area (Å²) in [5, 5.41) is 10.7. The maximum Gasteiger partial charge on any atom is 0.159 e. The molecule has 2 N–H and O–H groups in total. The number of nitriles is 1. The second-order valence-electron chi connectivity index (χ2n) is 7.30. The van der Waals surface area contributed by atoms with Gasteiger partial charge in [0.15, 0.2) is 5.65 Å². The third-order valence-corrected chi connectivity index (χ3v) is 5.46. The molecule has 1 aliphatic heterocycles. The highest BCUT2D eigenvalue weighted by molar-refractivity contribution is 5.93. The van der Waals surface area contributed by atoms with Gasteiger partial charge in [0.25, 0.3) is 0 Å². The fraction of sp³-hybridized carbons (Fsp3) is 0.304. The summed E-state index contributed by atoms with van der Waals surface area (Å²) in [6, 6.07) is 10.3. The Morgan fingerprint density at radius 2 is 2.07 bits per heavy atom. The van der Waals surface area contributed by atoms with Gasteiger partial charge in [0, 0.05) is 48.0 Å². The zero-order valence-electron chi connectivity index (χ0n) is 16.8. The molecule has 3 aromatic rings. The van der Waals surface area contributed by atoms with Crippen LogP contribution in [0.3, 0.4) is 0 Å². The molecule has 2 aromatic heterocycles. The lowest BCUT2D eigenvalue weighted by Gasteiger charge is -2.17. The van der Waals surface area contributed by atoms with Crippen molar-refractivity contribution in [3.05, 3.63) is 47.2 Å². The first-order valence-corrected chi connectivity index (χ1v) is 9.97. The van der Waals surface area contributed by atoms with Crippen LogP contribution in [-0.2, 0) is 0 Å². The number of aromatic nitrogens is 2. The van der Waals surface area contributed by atoms with Crippen LogP contribution in [0.15, 0.2) is 35.5 Å². The molecule has 0 amide bonds. The third kappa shape index (κ3) is 3.52. The van der Waals surface area contributed by atoms with E-state index in [0.29, 0.717) is 29.1 Å². The van der Waals surface area contributed by atoms with Gasteiger partial charge in [-0.15, -0.1) is 0 Å². The molecule has 0 unspecified atom stereocenters. The highest BCUT2D eigenvalue weighted by atomic mass is 15.1. The van der Waals surface area contributed by atoms with Crippen LogP contribution >= 0.6 is 0 Å². The van der Waals surface area contributed by atoms with E-state index >= 15 is 0 Å². The number of aliphatic imine (C=N–C) groups is 1. The van der Waals surface area contributed by atoms with Gasteiger partial charge in [-0.25, -0.2) is 9.97 Å². The fourth-order valence-electron chi connectivity index (χ4n) is 3.80. The van der Waals surface area contributed by atoms with Gasteiger partial charge < -0.3 is 10.6 Å². The first-order chi connectivity index (χ1) is 14.1. The first-order valence-electron chi connectivity index (χ1n) is 9.97. The van der Waals surface area contributed by atoms with E-state index in [1.54, 1.807) is 6.21 Å². The van der Waals surface area contributed by atoms with Crippen molar-refractivity contribution in [3.8, 4) is 17.3 Å². The minimum atomic E-state index is 0.539. The van der Waals surface area contributed by atoms with Crippen LogP contribution in [0.25, 0.3) is 22.3 Å². The van der Waals surface area contributed by atoms with E-state index in [0.717, 1.165) is 40.9 Å². The smallest absolute Gasteiger partial charge is 0.159 e. The minimum Gasteiger partial charge on any atom is -0.398 e. The van der Waals surface area contributed by atoms with Crippen molar-refractivity contribution in [2.45, 2.75) is 26.7 Å². The number of rotatable bonds is 4. The van der Waals surface area contributed by atoms with E-state index in [1.807, 2.05) is 38.2 Å². The second-order valence-corrected chi connectivity index (χ2v) is 7.30. The molecule has 0 aliphatic carbocycles. The molecule has 0 atom stereocenters. The van der Waals surface area contributed by atoms with Crippen LogP contribution in [0.5, 0.6) is 0 Å². The van der Waals surface area contributed by atoms with Crippen molar-refractivity contribution in [3.63, 3.8) is 0 Å². The van der Waals surface area contributed by atoms with Gasteiger partial charge in [-0.3, -0.25) is 4.99 Å². The molecule has 1 saturated heterocycles. The molecule has 0 bridgehead atoms. The monoisotopic (exact) mass is 384 g/mol. The Bertz CT molecular complexity index is 1140. The van der Waals surface area contributed by atoms with Gasteiger partial charge in [0.2, 0.25) is 0 Å². The second kappa shape index (κ2) is 7.88. The van der Waals surface area contributed by atoms with E-state index in [1.165, 1.54) is 12.8 Å². The van der Waals surface area contributed by atoms with Crippen molar-refractivity contribution in [1.82, 2.24) is 9.97 Å². The first kappa shape index (κ1) is 18.9. The molecule has 29 heavy (non-hydrogen) atoms. The Kier molecular flexibility index (Phi) is 5.13. The van der Waals surface area contributed by atoms with Crippen molar-refractivity contribution in [2.24, 2.45) is 4.99 Å². The number of anilines is 2. The molecular formula is C23H24N6. The lowest BCUT2D eigenvalue weighted by molar-refractivity contribution is 0.949. The molecule has 6 heteroatoms. The Labute approximate surface area is 170 Å². The number of nitrogens with two attached hydrogens (primary N) is 1. The van der Waals surface area contributed by atoms with Crippen LogP contribution in [0.1, 0.15) is 36.5 Å². The molecule has 6 nitrogen and oxygen atoms in total. The summed E-state index contributed by atoms with van der Waals surface area (Å²) in [5.41, 5.74) is 12.2. The summed E-state index contributed by atoms with van der Waals surface area (Å²) in [6.07, 6.45) is 6.11. The number of pyridine rings is 2. The van der Waals surface area contributed by atoms with Crippen LogP contribution < -0.4 is 10.6 Å².